The molecule has 1 aromatic rings. The van der Waals surface area contributed by atoms with E-state index in [4.69, 9.17) is 10.2 Å². The van der Waals surface area contributed by atoms with Gasteiger partial charge in [0.1, 0.15) is 11.9 Å². The minimum atomic E-state index is -1.92. The number of carbonyl (C=O) groups is 6. The molecule has 0 aromatic heterocycles. The van der Waals surface area contributed by atoms with Crippen molar-refractivity contribution >= 4 is 35.6 Å². The van der Waals surface area contributed by atoms with Crippen LogP contribution in [0.1, 0.15) is 36.0 Å². The van der Waals surface area contributed by atoms with E-state index in [1.165, 1.54) is 12.1 Å². The highest BCUT2D eigenvalue weighted by atomic mass is 19.1. The number of nitrogens with zero attached hydrogens (tertiary/aromatic N) is 1. The molecule has 0 aliphatic carbocycles. The second kappa shape index (κ2) is 12.7. The van der Waals surface area contributed by atoms with Gasteiger partial charge in [-0.25, -0.2) is 18.8 Å². The molecule has 0 saturated carbocycles. The normalized spacial score (nSPS) is 12.2. The molecule has 0 saturated heterocycles. The Morgan fingerprint density at radius 3 is 2.09 bits per heavy atom. The van der Waals surface area contributed by atoms with E-state index in [1.54, 1.807) is 0 Å². The zero-order valence-corrected chi connectivity index (χ0v) is 17.6. The van der Waals surface area contributed by atoms with E-state index in [9.17, 15) is 38.3 Å². The number of halogens is 1. The van der Waals surface area contributed by atoms with Crippen molar-refractivity contribution < 1.29 is 48.5 Å². The summed E-state index contributed by atoms with van der Waals surface area (Å²) < 4.78 is 12.9. The number of ketones is 1. The highest BCUT2D eigenvalue weighted by molar-refractivity contribution is 6.05. The van der Waals surface area contributed by atoms with Crippen LogP contribution in [0.5, 0.6) is 0 Å². The predicted octanol–water partition coefficient (Wildman–Crippen LogP) is 0.317. The number of rotatable bonds is 13. The molecule has 2 atom stereocenters. The van der Waals surface area contributed by atoms with Crippen LogP contribution < -0.4 is 10.6 Å². The first-order valence-corrected chi connectivity index (χ1v) is 9.71. The van der Waals surface area contributed by atoms with Gasteiger partial charge >= 0.3 is 23.9 Å². The maximum atomic E-state index is 12.9. The fourth-order valence-corrected chi connectivity index (χ4v) is 2.72. The van der Waals surface area contributed by atoms with Crippen molar-refractivity contribution in [3.8, 4) is 0 Å². The molecule has 12 nitrogen and oxygen atoms in total. The van der Waals surface area contributed by atoms with Crippen molar-refractivity contribution in [2.75, 3.05) is 13.6 Å². The number of carboxylic acid groups (broad SMARTS) is 3. The molecule has 0 spiro atoms. The van der Waals surface area contributed by atoms with Gasteiger partial charge in [-0.05, 0) is 37.1 Å². The first-order valence-electron chi connectivity index (χ1n) is 9.71. The van der Waals surface area contributed by atoms with E-state index in [2.05, 4.69) is 5.32 Å². The summed E-state index contributed by atoms with van der Waals surface area (Å²) >= 11 is 0. The summed E-state index contributed by atoms with van der Waals surface area (Å²) in [6.07, 6.45) is -1.27. The smallest absolute Gasteiger partial charge is 0.334 e. The van der Waals surface area contributed by atoms with E-state index >= 15 is 0 Å². The molecule has 180 valence electrons. The van der Waals surface area contributed by atoms with Crippen LogP contribution >= 0.6 is 0 Å². The summed E-state index contributed by atoms with van der Waals surface area (Å²) in [4.78, 5) is 70.4. The van der Waals surface area contributed by atoms with Gasteiger partial charge in [-0.3, -0.25) is 14.4 Å². The van der Waals surface area contributed by atoms with E-state index in [-0.39, 0.29) is 24.9 Å². The standard InChI is InChI=1S/C20H24FN3O9/c1-24(20(33)23-13(18(29)30)8-9-15(26)27)16(19(31)32)14(25)3-2-10-22-17(28)11-4-6-12(21)7-5-11/h4-7,13,16H,2-3,8-10H2,1H3,(H,22,28)(H,23,33)(H,26,27)(H,29,30)(H,31,32)/t13-,16-/m0/s1. The maximum Gasteiger partial charge on any atom is 0.334 e. The summed E-state index contributed by atoms with van der Waals surface area (Å²) in [7, 11) is 0.985. The zero-order valence-electron chi connectivity index (χ0n) is 17.6. The summed E-state index contributed by atoms with van der Waals surface area (Å²) in [5, 5.41) is 31.6. The number of Topliss-reactive ketones (excluding diaryl/α,β-unsaturated/α-hetero) is 1. The van der Waals surface area contributed by atoms with Crippen molar-refractivity contribution in [2.24, 2.45) is 0 Å². The molecule has 33 heavy (non-hydrogen) atoms. The number of amides is 3. The van der Waals surface area contributed by atoms with Crippen molar-refractivity contribution in [3.63, 3.8) is 0 Å². The fraction of sp³-hybridized carbons (Fsp3) is 0.400. The molecule has 13 heteroatoms. The molecule has 0 aliphatic rings. The lowest BCUT2D eigenvalue weighted by molar-refractivity contribution is -0.146. The molecule has 0 radical (unpaired) electrons. The van der Waals surface area contributed by atoms with Crippen LogP contribution in [0.25, 0.3) is 0 Å². The highest BCUT2D eigenvalue weighted by Gasteiger charge is 2.34. The lowest BCUT2D eigenvalue weighted by Crippen LogP contribution is -2.54. The van der Waals surface area contributed by atoms with Crippen LogP contribution in [0, 0.1) is 5.82 Å². The lowest BCUT2D eigenvalue weighted by Gasteiger charge is -2.25. The monoisotopic (exact) mass is 469 g/mol. The summed E-state index contributed by atoms with van der Waals surface area (Å²) in [5.74, 6) is -6.35. The molecule has 0 heterocycles. The van der Waals surface area contributed by atoms with Crippen LogP contribution in [0.4, 0.5) is 9.18 Å². The van der Waals surface area contributed by atoms with Crippen LogP contribution in [-0.4, -0.2) is 81.5 Å². The molecule has 1 aromatic carbocycles. The number of nitrogens with one attached hydrogen (secondary N) is 2. The number of hydrogen-bond donors (Lipinski definition) is 5. The van der Waals surface area contributed by atoms with Crippen LogP contribution in [0.15, 0.2) is 24.3 Å². The number of hydrogen-bond acceptors (Lipinski definition) is 6. The number of carbonyl (C=O) groups excluding carboxylic acids is 3. The van der Waals surface area contributed by atoms with Crippen molar-refractivity contribution in [1.82, 2.24) is 15.5 Å². The molecule has 0 aliphatic heterocycles. The van der Waals surface area contributed by atoms with Gasteiger partial charge in [-0.2, -0.15) is 0 Å². The number of benzene rings is 1. The Hall–Kier alpha value is -4.03. The van der Waals surface area contributed by atoms with Crippen molar-refractivity contribution in [2.45, 2.75) is 37.8 Å². The van der Waals surface area contributed by atoms with E-state index in [0.717, 1.165) is 19.2 Å². The average molecular weight is 469 g/mol. The van der Waals surface area contributed by atoms with Crippen LogP contribution in [-0.2, 0) is 19.2 Å². The Balaban J connectivity index is 2.63. The van der Waals surface area contributed by atoms with Crippen molar-refractivity contribution in [3.05, 3.63) is 35.6 Å². The molecule has 0 unspecified atom stereocenters. The Morgan fingerprint density at radius 2 is 1.58 bits per heavy atom. The summed E-state index contributed by atoms with van der Waals surface area (Å²) in [6.45, 7) is 0.000472. The topological polar surface area (TPSA) is 190 Å². The van der Waals surface area contributed by atoms with E-state index in [1.807, 2.05) is 5.32 Å². The Morgan fingerprint density at radius 1 is 0.970 bits per heavy atom. The number of carboxylic acids is 3. The van der Waals surface area contributed by atoms with Crippen LogP contribution in [0.3, 0.4) is 0 Å². The maximum absolute atomic E-state index is 12.9. The molecule has 1 rings (SSSR count). The molecule has 3 amide bonds. The Labute approximate surface area is 187 Å². The summed E-state index contributed by atoms with van der Waals surface area (Å²) in [5.41, 5.74) is 0.193. The quantitative estimate of drug-likeness (QED) is 0.200. The Bertz CT molecular complexity index is 905. The first kappa shape index (κ1) is 27.0. The zero-order chi connectivity index (χ0) is 25.1. The van der Waals surface area contributed by atoms with Gasteiger partial charge in [0.15, 0.2) is 11.8 Å². The van der Waals surface area contributed by atoms with Gasteiger partial charge in [-0.1, -0.05) is 0 Å². The minimum absolute atomic E-state index is 0.000472. The third kappa shape index (κ3) is 8.93. The van der Waals surface area contributed by atoms with E-state index < -0.39 is 66.4 Å². The van der Waals surface area contributed by atoms with Gasteiger partial charge in [0, 0.05) is 32.0 Å². The fourth-order valence-electron chi connectivity index (χ4n) is 2.72. The first-order chi connectivity index (χ1) is 15.4. The second-order valence-electron chi connectivity index (χ2n) is 6.96. The third-order valence-electron chi connectivity index (χ3n) is 4.48. The molecular weight excluding hydrogens is 445 g/mol. The minimum Gasteiger partial charge on any atom is -0.481 e. The van der Waals surface area contributed by atoms with E-state index in [0.29, 0.717) is 4.90 Å². The highest BCUT2D eigenvalue weighted by Crippen LogP contribution is 2.07. The molecule has 0 fully saturated rings. The van der Waals surface area contributed by atoms with Gasteiger partial charge in [-0.15, -0.1) is 0 Å². The lowest BCUT2D eigenvalue weighted by atomic mass is 10.1. The largest absolute Gasteiger partial charge is 0.481 e. The second-order valence-corrected chi connectivity index (χ2v) is 6.96. The predicted molar refractivity (Wildman–Crippen MR) is 109 cm³/mol. The van der Waals surface area contributed by atoms with Gasteiger partial charge in [0.2, 0.25) is 0 Å². The molecule has 0 bridgehead atoms. The SMILES string of the molecule is CN(C(=O)N[C@@H](CCC(=O)O)C(=O)O)[C@H](C(=O)O)C(=O)CCCNC(=O)c1ccc(F)cc1. The number of aliphatic carboxylic acids is 3. The van der Waals surface area contributed by atoms with Crippen molar-refractivity contribution in [1.29, 1.82) is 0 Å². The molecular formula is C20H24FN3O9. The van der Waals surface area contributed by atoms with Gasteiger partial charge < -0.3 is 30.9 Å². The van der Waals surface area contributed by atoms with Crippen LogP contribution in [0.2, 0.25) is 0 Å². The summed E-state index contributed by atoms with van der Waals surface area (Å²) in [6, 6.07) is 0.0444. The number of urea groups is 1. The van der Waals surface area contributed by atoms with Gasteiger partial charge in [0.05, 0.1) is 0 Å². The number of likely N-dealkylation sites (N-methyl/N-ethyl adjacent to an activating group) is 1. The average Bonchev–Trinajstić information content (AvgIpc) is 2.73. The Kier molecular flexibility index (Phi) is 10.4. The third-order valence-corrected chi connectivity index (χ3v) is 4.48. The molecule has 5 N–H and O–H groups in total. The van der Waals surface area contributed by atoms with Gasteiger partial charge in [0.25, 0.3) is 5.91 Å².